The van der Waals surface area contributed by atoms with Gasteiger partial charge in [0.2, 0.25) is 0 Å². The second kappa shape index (κ2) is 3.18. The predicted octanol–water partition coefficient (Wildman–Crippen LogP) is 2.87. The van der Waals surface area contributed by atoms with Crippen LogP contribution in [0.4, 0.5) is 5.69 Å². The smallest absolute Gasteiger partial charge is 0.188 e. The third-order valence-corrected chi connectivity index (χ3v) is 1.89. The molecule has 0 amide bonds. The predicted molar refractivity (Wildman–Crippen MR) is 45.1 cm³/mol. The molecule has 0 N–H and O–H groups in total. The van der Waals surface area contributed by atoms with Gasteiger partial charge < -0.3 is 0 Å². The molecule has 0 radical (unpaired) electrons. The molecule has 0 aliphatic carbocycles. The maximum atomic E-state index is 8.56. The van der Waals surface area contributed by atoms with Crippen molar-refractivity contribution in [3.8, 4) is 6.07 Å². The molecule has 0 aromatic heterocycles. The fourth-order valence-corrected chi connectivity index (χ4v) is 1.00. The summed E-state index contributed by atoms with van der Waals surface area (Å²) in [7, 11) is 0. The number of rotatable bonds is 0. The highest BCUT2D eigenvalue weighted by atomic mass is 79.9. The van der Waals surface area contributed by atoms with Crippen LogP contribution in [0.2, 0.25) is 0 Å². The monoisotopic (exact) mass is 206 g/mol. The Kier molecular flexibility index (Phi) is 2.25. The summed E-state index contributed by atoms with van der Waals surface area (Å²) in [4.78, 5) is 3.20. The molecular formula is C8H3BrN2. The van der Waals surface area contributed by atoms with E-state index in [2.05, 4.69) is 20.8 Å². The topological polar surface area (TPSA) is 28.1 Å². The minimum atomic E-state index is 0.491. The molecule has 0 heterocycles. The van der Waals surface area contributed by atoms with Crippen molar-refractivity contribution in [1.29, 1.82) is 5.26 Å². The number of hydrogen-bond acceptors (Lipinski definition) is 1. The minimum absolute atomic E-state index is 0.491. The molecule has 0 aliphatic heterocycles. The van der Waals surface area contributed by atoms with Crippen LogP contribution in [0.3, 0.4) is 0 Å². The van der Waals surface area contributed by atoms with Gasteiger partial charge in [0.05, 0.1) is 18.2 Å². The quantitative estimate of drug-likeness (QED) is 0.601. The Bertz CT molecular complexity index is 357. The van der Waals surface area contributed by atoms with Crippen LogP contribution in [-0.4, -0.2) is 0 Å². The van der Waals surface area contributed by atoms with Gasteiger partial charge >= 0.3 is 0 Å². The van der Waals surface area contributed by atoms with E-state index in [-0.39, 0.29) is 0 Å². The lowest BCUT2D eigenvalue weighted by molar-refractivity contribution is 1.47. The first-order chi connectivity index (χ1) is 5.27. The number of benzene rings is 1. The molecular weight excluding hydrogens is 204 g/mol. The van der Waals surface area contributed by atoms with E-state index in [1.807, 2.05) is 6.07 Å². The second-order valence-electron chi connectivity index (χ2n) is 1.89. The Labute approximate surface area is 73.0 Å². The van der Waals surface area contributed by atoms with Crippen molar-refractivity contribution in [2.75, 3.05) is 0 Å². The fourth-order valence-electron chi connectivity index (χ4n) is 0.668. The zero-order chi connectivity index (χ0) is 8.27. The van der Waals surface area contributed by atoms with Gasteiger partial charge in [0.25, 0.3) is 0 Å². The number of nitriles is 1. The van der Waals surface area contributed by atoms with Crippen molar-refractivity contribution in [2.45, 2.75) is 0 Å². The number of nitrogens with zero attached hydrogens (tertiary/aromatic N) is 2. The maximum absolute atomic E-state index is 8.56. The maximum Gasteiger partial charge on any atom is 0.188 e. The minimum Gasteiger partial charge on any atom is -0.238 e. The highest BCUT2D eigenvalue weighted by molar-refractivity contribution is 9.10. The summed E-state index contributed by atoms with van der Waals surface area (Å²) in [6.45, 7) is 6.69. The molecule has 0 saturated heterocycles. The Morgan fingerprint density at radius 3 is 2.82 bits per heavy atom. The van der Waals surface area contributed by atoms with Crippen molar-refractivity contribution >= 4 is 21.6 Å². The van der Waals surface area contributed by atoms with Crippen molar-refractivity contribution in [3.05, 3.63) is 39.7 Å². The zero-order valence-electron chi connectivity index (χ0n) is 5.50. The van der Waals surface area contributed by atoms with Gasteiger partial charge in [-0.1, -0.05) is 12.1 Å². The summed E-state index contributed by atoms with van der Waals surface area (Å²) in [6, 6.07) is 6.90. The lowest BCUT2D eigenvalue weighted by Gasteiger charge is -1.93. The summed E-state index contributed by atoms with van der Waals surface area (Å²) in [5.74, 6) is 0. The van der Waals surface area contributed by atoms with Gasteiger partial charge in [0.15, 0.2) is 5.69 Å². The van der Waals surface area contributed by atoms with Gasteiger partial charge in [-0.3, -0.25) is 0 Å². The van der Waals surface area contributed by atoms with Crippen LogP contribution in [0.25, 0.3) is 4.85 Å². The molecule has 1 aromatic rings. The molecule has 1 rings (SSSR count). The van der Waals surface area contributed by atoms with Gasteiger partial charge in [-0.15, -0.1) is 0 Å². The average Bonchev–Trinajstić information content (AvgIpc) is 2.05. The summed E-state index contributed by atoms with van der Waals surface area (Å²) in [5.41, 5.74) is 0.989. The third kappa shape index (κ3) is 1.58. The van der Waals surface area contributed by atoms with Crippen LogP contribution in [-0.2, 0) is 0 Å². The fraction of sp³-hybridized carbons (Fsp3) is 0. The lowest BCUT2D eigenvalue weighted by atomic mass is 10.2. The first-order valence-electron chi connectivity index (χ1n) is 2.85. The zero-order valence-corrected chi connectivity index (χ0v) is 7.09. The third-order valence-electron chi connectivity index (χ3n) is 1.20. The van der Waals surface area contributed by atoms with Crippen molar-refractivity contribution in [1.82, 2.24) is 0 Å². The van der Waals surface area contributed by atoms with Crippen LogP contribution >= 0.6 is 15.9 Å². The lowest BCUT2D eigenvalue weighted by Crippen LogP contribution is -1.74. The summed E-state index contributed by atoms with van der Waals surface area (Å²) in [5, 5.41) is 8.56. The molecule has 0 unspecified atom stereocenters. The highest BCUT2D eigenvalue weighted by Gasteiger charge is 1.98. The second-order valence-corrected chi connectivity index (χ2v) is 2.74. The molecule has 1 aromatic carbocycles. The SMILES string of the molecule is [C-]#[N+]c1ccc(Br)c(C#N)c1. The number of halogens is 1. The average molecular weight is 207 g/mol. The largest absolute Gasteiger partial charge is 0.238 e. The van der Waals surface area contributed by atoms with E-state index in [0.29, 0.717) is 11.3 Å². The van der Waals surface area contributed by atoms with E-state index in [0.717, 1.165) is 4.47 Å². The van der Waals surface area contributed by atoms with Gasteiger partial charge in [-0.05, 0) is 22.0 Å². The molecule has 0 aliphatic rings. The van der Waals surface area contributed by atoms with Crippen molar-refractivity contribution in [2.24, 2.45) is 0 Å². The van der Waals surface area contributed by atoms with E-state index < -0.39 is 0 Å². The van der Waals surface area contributed by atoms with Crippen LogP contribution in [0, 0.1) is 17.9 Å². The molecule has 0 saturated carbocycles. The Balaban J connectivity index is 3.29. The van der Waals surface area contributed by atoms with E-state index in [4.69, 9.17) is 11.8 Å². The van der Waals surface area contributed by atoms with Crippen LogP contribution < -0.4 is 0 Å². The van der Waals surface area contributed by atoms with Gasteiger partial charge in [-0.2, -0.15) is 5.26 Å². The van der Waals surface area contributed by atoms with Crippen LogP contribution in [0.1, 0.15) is 5.56 Å². The van der Waals surface area contributed by atoms with Crippen molar-refractivity contribution < 1.29 is 0 Å². The molecule has 52 valence electrons. The first kappa shape index (κ1) is 7.78. The molecule has 3 heteroatoms. The van der Waals surface area contributed by atoms with Crippen LogP contribution in [0.15, 0.2) is 22.7 Å². The Morgan fingerprint density at radius 2 is 2.27 bits per heavy atom. The van der Waals surface area contributed by atoms with Crippen molar-refractivity contribution in [3.63, 3.8) is 0 Å². The van der Waals surface area contributed by atoms with E-state index in [9.17, 15) is 0 Å². The van der Waals surface area contributed by atoms with Gasteiger partial charge in [0.1, 0.15) is 0 Å². The van der Waals surface area contributed by atoms with E-state index in [1.165, 1.54) is 0 Å². The van der Waals surface area contributed by atoms with Gasteiger partial charge in [0, 0.05) is 4.47 Å². The normalized spacial score (nSPS) is 8.27. The van der Waals surface area contributed by atoms with Gasteiger partial charge in [-0.25, -0.2) is 4.85 Å². The molecule has 2 nitrogen and oxygen atoms in total. The first-order valence-corrected chi connectivity index (χ1v) is 3.64. The van der Waals surface area contributed by atoms with E-state index >= 15 is 0 Å². The summed E-state index contributed by atoms with van der Waals surface area (Å²) in [6.07, 6.45) is 0. The summed E-state index contributed by atoms with van der Waals surface area (Å²) < 4.78 is 0.729. The van der Waals surface area contributed by atoms with E-state index in [1.54, 1.807) is 18.2 Å². The molecule has 0 spiro atoms. The number of hydrogen-bond donors (Lipinski definition) is 0. The van der Waals surface area contributed by atoms with Crippen LogP contribution in [0.5, 0.6) is 0 Å². The highest BCUT2D eigenvalue weighted by Crippen LogP contribution is 2.21. The molecule has 0 bridgehead atoms. The standard InChI is InChI=1S/C8H3BrN2/c1-11-7-2-3-8(9)6(4-7)5-10/h2-4H. The molecule has 0 fully saturated rings. The molecule has 0 atom stereocenters. The Morgan fingerprint density at radius 1 is 1.55 bits per heavy atom. The molecule has 11 heavy (non-hydrogen) atoms. The summed E-state index contributed by atoms with van der Waals surface area (Å²) >= 11 is 3.19. The Hall–Kier alpha value is -1.32.